The van der Waals surface area contributed by atoms with Crippen LogP contribution in [0.15, 0.2) is 60.8 Å². The van der Waals surface area contributed by atoms with Gasteiger partial charge in [-0.2, -0.15) is 0 Å². The molecule has 0 atom stereocenters. The van der Waals surface area contributed by atoms with Crippen LogP contribution in [0, 0.1) is 12.7 Å². The van der Waals surface area contributed by atoms with Crippen LogP contribution in [-0.2, 0) is 4.74 Å². The number of morpholine rings is 1. The van der Waals surface area contributed by atoms with Gasteiger partial charge in [-0.25, -0.2) is 14.2 Å². The third-order valence-corrected chi connectivity index (χ3v) is 6.05. The Morgan fingerprint density at radius 3 is 2.50 bits per heavy atom. The predicted molar refractivity (Wildman–Crippen MR) is 138 cm³/mol. The van der Waals surface area contributed by atoms with E-state index in [0.29, 0.717) is 48.3 Å². The SMILES string of the molecule is Cc1cc(C(=O)Nc2ccc(F)cn2)ccc1N(CCN1CCOCC1)C(=O)Nc1ccc(Cl)cc1. The highest BCUT2D eigenvalue weighted by Crippen LogP contribution is 2.24. The van der Waals surface area contributed by atoms with E-state index in [4.69, 9.17) is 16.3 Å². The Kier molecular flexibility index (Phi) is 8.48. The number of pyridine rings is 1. The number of aromatic nitrogens is 1. The average Bonchev–Trinajstić information content (AvgIpc) is 2.88. The Morgan fingerprint density at radius 1 is 1.08 bits per heavy atom. The number of ether oxygens (including phenoxy) is 1. The molecule has 10 heteroatoms. The number of amides is 3. The van der Waals surface area contributed by atoms with E-state index in [2.05, 4.69) is 20.5 Å². The van der Waals surface area contributed by atoms with Gasteiger partial charge in [0, 0.05) is 48.1 Å². The zero-order chi connectivity index (χ0) is 25.5. The van der Waals surface area contributed by atoms with Crippen molar-refractivity contribution in [2.45, 2.75) is 6.92 Å². The molecule has 2 N–H and O–H groups in total. The van der Waals surface area contributed by atoms with Gasteiger partial charge >= 0.3 is 6.03 Å². The molecule has 0 bridgehead atoms. The van der Waals surface area contributed by atoms with Crippen molar-refractivity contribution in [2.24, 2.45) is 0 Å². The third kappa shape index (κ3) is 6.78. The summed E-state index contributed by atoms with van der Waals surface area (Å²) in [5, 5.41) is 6.16. The van der Waals surface area contributed by atoms with E-state index in [9.17, 15) is 14.0 Å². The smallest absolute Gasteiger partial charge is 0.326 e. The van der Waals surface area contributed by atoms with E-state index in [-0.39, 0.29) is 17.8 Å². The maximum Gasteiger partial charge on any atom is 0.326 e. The topological polar surface area (TPSA) is 86.8 Å². The number of anilines is 3. The Hall–Kier alpha value is -3.53. The van der Waals surface area contributed by atoms with Crippen molar-refractivity contribution in [1.82, 2.24) is 9.88 Å². The van der Waals surface area contributed by atoms with Crippen LogP contribution in [-0.4, -0.2) is 61.2 Å². The summed E-state index contributed by atoms with van der Waals surface area (Å²) in [6, 6.07) is 14.3. The Bertz CT molecular complexity index is 1200. The van der Waals surface area contributed by atoms with E-state index in [0.717, 1.165) is 24.8 Å². The van der Waals surface area contributed by atoms with Crippen molar-refractivity contribution in [2.75, 3.05) is 54.9 Å². The van der Waals surface area contributed by atoms with E-state index in [1.807, 2.05) is 6.92 Å². The fourth-order valence-corrected chi connectivity index (χ4v) is 3.99. The summed E-state index contributed by atoms with van der Waals surface area (Å²) in [5.74, 6) is -0.617. The highest BCUT2D eigenvalue weighted by Gasteiger charge is 2.21. The molecule has 0 unspecified atom stereocenters. The summed E-state index contributed by atoms with van der Waals surface area (Å²) >= 11 is 5.97. The number of carbonyl (C=O) groups excluding carboxylic acids is 2. The molecule has 0 radical (unpaired) electrons. The van der Waals surface area contributed by atoms with Crippen LogP contribution < -0.4 is 15.5 Å². The molecule has 2 heterocycles. The van der Waals surface area contributed by atoms with Crippen molar-refractivity contribution in [3.05, 3.63) is 82.8 Å². The lowest BCUT2D eigenvalue weighted by molar-refractivity contribution is 0.0393. The van der Waals surface area contributed by atoms with E-state index < -0.39 is 5.82 Å². The monoisotopic (exact) mass is 511 g/mol. The van der Waals surface area contributed by atoms with Crippen LogP contribution in [0.4, 0.5) is 26.4 Å². The molecule has 3 amide bonds. The van der Waals surface area contributed by atoms with Gasteiger partial charge in [-0.05, 0) is 67.1 Å². The number of benzene rings is 2. The number of aryl methyl sites for hydroxylation is 1. The fraction of sp³-hybridized carbons (Fsp3) is 0.269. The lowest BCUT2D eigenvalue weighted by Crippen LogP contribution is -2.44. The quantitative estimate of drug-likeness (QED) is 0.475. The molecule has 3 aromatic rings. The van der Waals surface area contributed by atoms with Gasteiger partial charge in [-0.15, -0.1) is 0 Å². The molecule has 1 saturated heterocycles. The first-order valence-corrected chi connectivity index (χ1v) is 11.9. The highest BCUT2D eigenvalue weighted by atomic mass is 35.5. The van der Waals surface area contributed by atoms with Gasteiger partial charge < -0.3 is 15.4 Å². The Balaban J connectivity index is 1.52. The molecule has 1 aromatic heterocycles. The highest BCUT2D eigenvalue weighted by molar-refractivity contribution is 6.30. The predicted octanol–water partition coefficient (Wildman–Crippen LogP) is 4.81. The Labute approximate surface area is 214 Å². The first-order valence-electron chi connectivity index (χ1n) is 11.6. The van der Waals surface area contributed by atoms with Crippen molar-refractivity contribution in [3.8, 4) is 0 Å². The van der Waals surface area contributed by atoms with E-state index >= 15 is 0 Å². The number of nitrogens with zero attached hydrogens (tertiary/aromatic N) is 3. The summed E-state index contributed by atoms with van der Waals surface area (Å²) in [6.45, 7) is 5.93. The van der Waals surface area contributed by atoms with Crippen molar-refractivity contribution in [1.29, 1.82) is 0 Å². The first-order chi connectivity index (χ1) is 17.4. The molecule has 8 nitrogen and oxygen atoms in total. The van der Waals surface area contributed by atoms with Gasteiger partial charge in [0.2, 0.25) is 0 Å². The van der Waals surface area contributed by atoms with Crippen molar-refractivity contribution in [3.63, 3.8) is 0 Å². The van der Waals surface area contributed by atoms with E-state index in [1.54, 1.807) is 47.4 Å². The van der Waals surface area contributed by atoms with Crippen molar-refractivity contribution < 1.29 is 18.7 Å². The standard InChI is InChI=1S/C26H27ClFN5O3/c1-18-16-19(25(34)31-24-9-5-21(28)17-29-24)2-8-23(18)33(11-10-32-12-14-36-15-13-32)26(35)30-22-6-3-20(27)4-7-22/h2-9,16-17H,10-15H2,1H3,(H,30,35)(H,29,31,34). The summed E-state index contributed by atoms with van der Waals surface area (Å²) in [7, 11) is 0. The second-order valence-electron chi connectivity index (χ2n) is 8.36. The number of carbonyl (C=O) groups is 2. The lowest BCUT2D eigenvalue weighted by Gasteiger charge is -2.31. The third-order valence-electron chi connectivity index (χ3n) is 5.80. The van der Waals surface area contributed by atoms with Gasteiger partial charge in [-0.3, -0.25) is 14.6 Å². The molecular formula is C26H27ClFN5O3. The van der Waals surface area contributed by atoms with Crippen LogP contribution in [0.3, 0.4) is 0 Å². The maximum absolute atomic E-state index is 13.3. The molecule has 188 valence electrons. The first kappa shape index (κ1) is 25.6. The van der Waals surface area contributed by atoms with Crippen LogP contribution >= 0.6 is 11.6 Å². The molecule has 1 aliphatic heterocycles. The molecule has 0 spiro atoms. The number of rotatable bonds is 7. The zero-order valence-electron chi connectivity index (χ0n) is 19.8. The maximum atomic E-state index is 13.3. The number of hydrogen-bond acceptors (Lipinski definition) is 5. The van der Waals surface area contributed by atoms with Gasteiger partial charge in [0.05, 0.1) is 19.4 Å². The zero-order valence-corrected chi connectivity index (χ0v) is 20.6. The van der Waals surface area contributed by atoms with Crippen LogP contribution in [0.1, 0.15) is 15.9 Å². The molecule has 1 aliphatic rings. The fourth-order valence-electron chi connectivity index (χ4n) is 3.86. The average molecular weight is 512 g/mol. The summed E-state index contributed by atoms with van der Waals surface area (Å²) in [6.07, 6.45) is 1.04. The Morgan fingerprint density at radius 2 is 1.83 bits per heavy atom. The molecule has 0 saturated carbocycles. The molecule has 1 fully saturated rings. The number of nitrogens with one attached hydrogen (secondary N) is 2. The lowest BCUT2D eigenvalue weighted by atomic mass is 10.1. The molecule has 2 aromatic carbocycles. The normalized spacial score (nSPS) is 13.8. The van der Waals surface area contributed by atoms with Gasteiger partial charge in [0.25, 0.3) is 5.91 Å². The summed E-state index contributed by atoms with van der Waals surface area (Å²) < 4.78 is 18.5. The molecular weight excluding hydrogens is 485 g/mol. The van der Waals surface area contributed by atoms with Crippen LogP contribution in [0.5, 0.6) is 0 Å². The number of urea groups is 1. The minimum absolute atomic E-state index is 0.248. The van der Waals surface area contributed by atoms with Crippen LogP contribution in [0.2, 0.25) is 5.02 Å². The second kappa shape index (κ2) is 11.9. The number of hydrogen-bond donors (Lipinski definition) is 2. The van der Waals surface area contributed by atoms with Gasteiger partial charge in [0.1, 0.15) is 11.6 Å². The van der Waals surface area contributed by atoms with Gasteiger partial charge in [0.15, 0.2) is 0 Å². The van der Waals surface area contributed by atoms with Crippen LogP contribution in [0.25, 0.3) is 0 Å². The van der Waals surface area contributed by atoms with Gasteiger partial charge in [-0.1, -0.05) is 11.6 Å². The van der Waals surface area contributed by atoms with Crippen molar-refractivity contribution >= 4 is 40.7 Å². The number of halogens is 2. The molecule has 0 aliphatic carbocycles. The molecule has 36 heavy (non-hydrogen) atoms. The summed E-state index contributed by atoms with van der Waals surface area (Å²) in [4.78, 5) is 33.8. The largest absolute Gasteiger partial charge is 0.379 e. The second-order valence-corrected chi connectivity index (χ2v) is 8.80. The van der Waals surface area contributed by atoms with E-state index in [1.165, 1.54) is 12.1 Å². The summed E-state index contributed by atoms with van der Waals surface area (Å²) in [5.41, 5.74) is 2.46. The minimum atomic E-state index is -0.484. The molecule has 4 rings (SSSR count). The minimum Gasteiger partial charge on any atom is -0.379 e.